The van der Waals surface area contributed by atoms with Crippen molar-refractivity contribution in [3.8, 4) is 0 Å². The third-order valence-corrected chi connectivity index (χ3v) is 3.25. The third-order valence-electron chi connectivity index (χ3n) is 3.25. The average Bonchev–Trinajstić information content (AvgIpc) is 3.16. The summed E-state index contributed by atoms with van der Waals surface area (Å²) < 4.78 is 0. The molecule has 1 aliphatic carbocycles. The molecule has 5 nitrogen and oxygen atoms in total. The summed E-state index contributed by atoms with van der Waals surface area (Å²) in [6, 6.07) is 0.372. The van der Waals surface area contributed by atoms with Gasteiger partial charge in [-0.1, -0.05) is 13.8 Å². The van der Waals surface area contributed by atoms with Gasteiger partial charge in [-0.15, -0.1) is 24.0 Å². The zero-order valence-electron chi connectivity index (χ0n) is 12.3. The van der Waals surface area contributed by atoms with Crippen molar-refractivity contribution in [2.24, 2.45) is 16.8 Å². The molecule has 1 aliphatic rings. The van der Waals surface area contributed by atoms with E-state index >= 15 is 0 Å². The lowest BCUT2D eigenvalue weighted by Gasteiger charge is -2.20. The molecule has 1 amide bonds. The molecule has 0 bridgehead atoms. The van der Waals surface area contributed by atoms with E-state index in [2.05, 4.69) is 41.7 Å². The highest BCUT2D eigenvalue weighted by molar-refractivity contribution is 14.0. The molecule has 0 saturated heterocycles. The maximum absolute atomic E-state index is 11.4. The van der Waals surface area contributed by atoms with E-state index < -0.39 is 0 Å². The summed E-state index contributed by atoms with van der Waals surface area (Å²) >= 11 is 0. The number of carbonyl (C=O) groups is 1. The quantitative estimate of drug-likeness (QED) is 0.281. The number of nitrogens with one attached hydrogen (secondary N) is 3. The molecule has 0 aromatic heterocycles. The smallest absolute Gasteiger partial charge is 0.223 e. The lowest BCUT2D eigenvalue weighted by Crippen LogP contribution is -2.46. The highest BCUT2D eigenvalue weighted by Crippen LogP contribution is 2.28. The number of rotatable bonds is 6. The van der Waals surface area contributed by atoms with Crippen LogP contribution in [0.3, 0.4) is 0 Å². The maximum atomic E-state index is 11.4. The fourth-order valence-corrected chi connectivity index (χ4v) is 1.43. The van der Waals surface area contributed by atoms with Gasteiger partial charge in [0.15, 0.2) is 5.96 Å². The molecule has 0 aromatic carbocycles. The van der Waals surface area contributed by atoms with Crippen LogP contribution in [0.25, 0.3) is 0 Å². The summed E-state index contributed by atoms with van der Waals surface area (Å²) in [6.07, 6.45) is 2.10. The molecule has 1 fully saturated rings. The first-order valence-corrected chi connectivity index (χ1v) is 6.79. The van der Waals surface area contributed by atoms with Crippen molar-refractivity contribution in [2.75, 3.05) is 20.1 Å². The van der Waals surface area contributed by atoms with Gasteiger partial charge in [-0.3, -0.25) is 9.79 Å². The van der Waals surface area contributed by atoms with E-state index in [9.17, 15) is 4.79 Å². The molecule has 0 heterocycles. The predicted molar refractivity (Wildman–Crippen MR) is 89.9 cm³/mol. The Morgan fingerprint density at radius 2 is 1.79 bits per heavy atom. The largest absolute Gasteiger partial charge is 0.355 e. The Balaban J connectivity index is 0.00000324. The Labute approximate surface area is 133 Å². The Bertz CT molecular complexity index is 303. The number of hydrogen-bond donors (Lipinski definition) is 3. The van der Waals surface area contributed by atoms with Crippen molar-refractivity contribution in [1.29, 1.82) is 0 Å². The fourth-order valence-electron chi connectivity index (χ4n) is 1.43. The number of aliphatic imine (C=N–C) groups is 1. The molecule has 1 unspecified atom stereocenters. The summed E-state index contributed by atoms with van der Waals surface area (Å²) in [6.45, 7) is 7.81. The van der Waals surface area contributed by atoms with Crippen LogP contribution in [0.1, 0.15) is 33.6 Å². The van der Waals surface area contributed by atoms with Crippen LogP contribution >= 0.6 is 24.0 Å². The maximum Gasteiger partial charge on any atom is 0.223 e. The number of amides is 1. The van der Waals surface area contributed by atoms with Crippen LogP contribution in [-0.4, -0.2) is 38.0 Å². The van der Waals surface area contributed by atoms with Gasteiger partial charge in [0.2, 0.25) is 5.91 Å². The molecule has 0 aliphatic heterocycles. The van der Waals surface area contributed by atoms with Crippen molar-refractivity contribution >= 4 is 35.8 Å². The van der Waals surface area contributed by atoms with Crippen LogP contribution < -0.4 is 16.0 Å². The molecule has 1 rings (SSSR count). The number of halogens is 1. The zero-order valence-corrected chi connectivity index (χ0v) is 14.7. The van der Waals surface area contributed by atoms with Gasteiger partial charge in [-0.2, -0.15) is 0 Å². The minimum Gasteiger partial charge on any atom is -0.355 e. The highest BCUT2D eigenvalue weighted by atomic mass is 127. The van der Waals surface area contributed by atoms with Gasteiger partial charge >= 0.3 is 0 Å². The second kappa shape index (κ2) is 9.39. The van der Waals surface area contributed by atoms with Crippen molar-refractivity contribution < 1.29 is 4.79 Å². The monoisotopic (exact) mass is 382 g/mol. The van der Waals surface area contributed by atoms with Gasteiger partial charge < -0.3 is 16.0 Å². The van der Waals surface area contributed by atoms with Gasteiger partial charge in [0, 0.05) is 32.1 Å². The van der Waals surface area contributed by atoms with Crippen molar-refractivity contribution in [1.82, 2.24) is 16.0 Å². The summed E-state index contributed by atoms with van der Waals surface area (Å²) in [5.74, 6) is 1.81. The van der Waals surface area contributed by atoms with Gasteiger partial charge in [0.1, 0.15) is 0 Å². The summed E-state index contributed by atoms with van der Waals surface area (Å²) in [5.41, 5.74) is 0. The van der Waals surface area contributed by atoms with E-state index in [-0.39, 0.29) is 35.8 Å². The third kappa shape index (κ3) is 7.59. The Hall–Kier alpha value is -0.530. The Morgan fingerprint density at radius 1 is 1.21 bits per heavy atom. The normalized spacial score (nSPS) is 16.6. The first kappa shape index (κ1) is 18.5. The van der Waals surface area contributed by atoms with E-state index in [0.717, 1.165) is 18.8 Å². The van der Waals surface area contributed by atoms with Crippen LogP contribution in [0.2, 0.25) is 0 Å². The van der Waals surface area contributed by atoms with Gasteiger partial charge in [-0.05, 0) is 25.7 Å². The molecule has 6 heteroatoms. The van der Waals surface area contributed by atoms with Gasteiger partial charge in [-0.25, -0.2) is 0 Å². The lowest BCUT2D eigenvalue weighted by molar-refractivity contribution is -0.122. The summed E-state index contributed by atoms with van der Waals surface area (Å²) in [7, 11) is 1.76. The lowest BCUT2D eigenvalue weighted by atomic mass is 10.1. The average molecular weight is 382 g/mol. The molecule has 3 N–H and O–H groups in total. The highest BCUT2D eigenvalue weighted by Gasteiger charge is 2.28. The number of carbonyl (C=O) groups excluding carboxylic acids is 1. The fraction of sp³-hybridized carbons (Fsp3) is 0.846. The molecular weight excluding hydrogens is 355 g/mol. The van der Waals surface area contributed by atoms with E-state index in [1.54, 1.807) is 7.05 Å². The predicted octanol–water partition coefficient (Wildman–Crippen LogP) is 1.34. The molecule has 1 atom stereocenters. The topological polar surface area (TPSA) is 65.5 Å². The van der Waals surface area contributed by atoms with Crippen LogP contribution in [0, 0.1) is 11.8 Å². The van der Waals surface area contributed by atoms with Crippen LogP contribution in [-0.2, 0) is 4.79 Å². The minimum atomic E-state index is 0. The van der Waals surface area contributed by atoms with E-state index in [1.807, 2.05) is 0 Å². The first-order valence-electron chi connectivity index (χ1n) is 6.79. The van der Waals surface area contributed by atoms with Crippen LogP contribution in [0.15, 0.2) is 4.99 Å². The number of hydrogen-bond acceptors (Lipinski definition) is 2. The Morgan fingerprint density at radius 3 is 2.26 bits per heavy atom. The molecule has 0 spiro atoms. The van der Waals surface area contributed by atoms with E-state index in [4.69, 9.17) is 0 Å². The molecular formula is C13H27IN4O. The molecule has 1 saturated carbocycles. The van der Waals surface area contributed by atoms with Crippen molar-refractivity contribution in [3.63, 3.8) is 0 Å². The zero-order chi connectivity index (χ0) is 13.5. The van der Waals surface area contributed by atoms with Gasteiger partial charge in [0.25, 0.3) is 0 Å². The molecule has 19 heavy (non-hydrogen) atoms. The minimum absolute atomic E-state index is 0. The number of nitrogens with zero attached hydrogens (tertiary/aromatic N) is 1. The second-order valence-corrected chi connectivity index (χ2v) is 5.24. The molecule has 0 aromatic rings. The van der Waals surface area contributed by atoms with Crippen molar-refractivity contribution in [2.45, 2.75) is 39.7 Å². The first-order chi connectivity index (χ1) is 8.54. The SMILES string of the molecule is CN=C(NCCNC(=O)C1CC1)NC(C)C(C)C.I. The van der Waals surface area contributed by atoms with Crippen LogP contribution in [0.5, 0.6) is 0 Å². The number of guanidine groups is 1. The van der Waals surface area contributed by atoms with E-state index in [0.29, 0.717) is 25.0 Å². The molecule has 112 valence electrons. The summed E-state index contributed by atoms with van der Waals surface area (Å²) in [5, 5.41) is 9.43. The summed E-state index contributed by atoms with van der Waals surface area (Å²) in [4.78, 5) is 15.6. The van der Waals surface area contributed by atoms with Crippen LogP contribution in [0.4, 0.5) is 0 Å². The second-order valence-electron chi connectivity index (χ2n) is 5.24. The molecule has 0 radical (unpaired) electrons. The standard InChI is InChI=1S/C13H26N4O.HI/c1-9(2)10(3)17-13(14-4)16-8-7-15-12(18)11-5-6-11;/h9-11H,5-8H2,1-4H3,(H,15,18)(H2,14,16,17);1H. The van der Waals surface area contributed by atoms with Gasteiger partial charge in [0.05, 0.1) is 0 Å². The van der Waals surface area contributed by atoms with Crippen molar-refractivity contribution in [3.05, 3.63) is 0 Å². The van der Waals surface area contributed by atoms with E-state index in [1.165, 1.54) is 0 Å². The Kier molecular flexibility index (Phi) is 9.12.